The maximum absolute atomic E-state index is 11.1. The minimum atomic E-state index is -2.83. The lowest BCUT2D eigenvalue weighted by molar-refractivity contribution is 0.0695. The highest BCUT2D eigenvalue weighted by Gasteiger charge is 2.05. The molecule has 0 atom stereocenters. The lowest BCUT2D eigenvalue weighted by atomic mass is 10.4. The Hall–Kier alpha value is -0.170. The van der Waals surface area contributed by atoms with Crippen LogP contribution in [0.4, 0.5) is 0 Å². The average molecular weight is 253 g/mol. The summed E-state index contributed by atoms with van der Waals surface area (Å²) in [6.45, 7) is 4.87. The van der Waals surface area contributed by atoms with Crippen LogP contribution in [-0.4, -0.2) is 59.9 Å². The first-order valence-electron chi connectivity index (χ1n) is 5.60. The molecular weight excluding hydrogens is 230 g/mol. The maximum Gasteiger partial charge on any atom is 0.151 e. The van der Waals surface area contributed by atoms with E-state index in [9.17, 15) is 8.42 Å². The third kappa shape index (κ3) is 10.4. The van der Waals surface area contributed by atoms with Gasteiger partial charge in [-0.3, -0.25) is 0 Å². The number of ether oxygens (including phenoxy) is 2. The standard InChI is InChI=1S/C10H23NO4S/c1-3-16(12,13)10-6-11-5-4-7-15-9-8-14-2/h11H,3-10H2,1-2H3. The molecule has 0 aromatic heterocycles. The summed E-state index contributed by atoms with van der Waals surface area (Å²) in [6, 6.07) is 0. The molecule has 0 unspecified atom stereocenters. The highest BCUT2D eigenvalue weighted by atomic mass is 32.2. The second-order valence-electron chi connectivity index (χ2n) is 3.45. The lowest BCUT2D eigenvalue weighted by Gasteiger charge is -2.05. The Morgan fingerprint density at radius 1 is 1.12 bits per heavy atom. The van der Waals surface area contributed by atoms with Crippen molar-refractivity contribution in [1.82, 2.24) is 5.32 Å². The Morgan fingerprint density at radius 2 is 1.88 bits per heavy atom. The van der Waals surface area contributed by atoms with Gasteiger partial charge in [-0.15, -0.1) is 0 Å². The molecule has 6 heteroatoms. The number of methoxy groups -OCH3 is 1. The van der Waals surface area contributed by atoms with Crippen LogP contribution in [0, 0.1) is 0 Å². The van der Waals surface area contributed by atoms with Crippen molar-refractivity contribution in [1.29, 1.82) is 0 Å². The number of rotatable bonds is 11. The first kappa shape index (κ1) is 15.8. The van der Waals surface area contributed by atoms with Crippen LogP contribution in [0.3, 0.4) is 0 Å². The van der Waals surface area contributed by atoms with Gasteiger partial charge in [0.2, 0.25) is 0 Å². The summed E-state index contributed by atoms with van der Waals surface area (Å²) >= 11 is 0. The summed E-state index contributed by atoms with van der Waals surface area (Å²) < 4.78 is 32.3. The van der Waals surface area contributed by atoms with E-state index in [1.165, 1.54) is 0 Å². The van der Waals surface area contributed by atoms with Gasteiger partial charge in [-0.25, -0.2) is 8.42 Å². The normalized spacial score (nSPS) is 11.9. The summed E-state index contributed by atoms with van der Waals surface area (Å²) in [4.78, 5) is 0. The first-order valence-corrected chi connectivity index (χ1v) is 7.42. The van der Waals surface area contributed by atoms with Crippen molar-refractivity contribution in [2.45, 2.75) is 13.3 Å². The molecule has 16 heavy (non-hydrogen) atoms. The van der Waals surface area contributed by atoms with Gasteiger partial charge in [0.1, 0.15) is 0 Å². The van der Waals surface area contributed by atoms with Gasteiger partial charge in [-0.2, -0.15) is 0 Å². The fraction of sp³-hybridized carbons (Fsp3) is 1.00. The van der Waals surface area contributed by atoms with Crippen molar-refractivity contribution in [2.24, 2.45) is 0 Å². The molecule has 0 spiro atoms. The SMILES string of the molecule is CCS(=O)(=O)CCNCCCOCCOC. The Labute approximate surface area is 98.4 Å². The largest absolute Gasteiger partial charge is 0.382 e. The van der Waals surface area contributed by atoms with Gasteiger partial charge in [0.05, 0.1) is 19.0 Å². The summed E-state index contributed by atoms with van der Waals surface area (Å²) in [5.41, 5.74) is 0. The van der Waals surface area contributed by atoms with Gasteiger partial charge in [-0.05, 0) is 13.0 Å². The topological polar surface area (TPSA) is 64.6 Å². The Morgan fingerprint density at radius 3 is 2.50 bits per heavy atom. The summed E-state index contributed by atoms with van der Waals surface area (Å²) in [5.74, 6) is 0.433. The molecule has 0 fully saturated rings. The Balaban J connectivity index is 3.16. The van der Waals surface area contributed by atoms with Crippen molar-refractivity contribution in [3.05, 3.63) is 0 Å². The highest BCUT2D eigenvalue weighted by Crippen LogP contribution is 1.87. The predicted octanol–water partition coefficient (Wildman–Crippen LogP) is 0.0638. The average Bonchev–Trinajstić information content (AvgIpc) is 2.27. The molecule has 0 aromatic carbocycles. The zero-order valence-corrected chi connectivity index (χ0v) is 11.0. The smallest absolute Gasteiger partial charge is 0.151 e. The van der Waals surface area contributed by atoms with E-state index in [1.807, 2.05) is 0 Å². The van der Waals surface area contributed by atoms with Crippen molar-refractivity contribution < 1.29 is 17.9 Å². The zero-order chi connectivity index (χ0) is 12.3. The van der Waals surface area contributed by atoms with Crippen LogP contribution in [0.15, 0.2) is 0 Å². The second kappa shape index (κ2) is 10.0. The highest BCUT2D eigenvalue weighted by molar-refractivity contribution is 7.91. The molecule has 5 nitrogen and oxygen atoms in total. The number of hydrogen-bond acceptors (Lipinski definition) is 5. The first-order chi connectivity index (χ1) is 7.62. The van der Waals surface area contributed by atoms with Crippen molar-refractivity contribution in [3.8, 4) is 0 Å². The van der Waals surface area contributed by atoms with Crippen molar-refractivity contribution >= 4 is 9.84 Å². The fourth-order valence-electron chi connectivity index (χ4n) is 1.04. The number of hydrogen-bond donors (Lipinski definition) is 1. The van der Waals surface area contributed by atoms with Crippen molar-refractivity contribution in [2.75, 3.05) is 51.5 Å². The molecule has 0 saturated carbocycles. The van der Waals surface area contributed by atoms with Crippen LogP contribution in [0.25, 0.3) is 0 Å². The van der Waals surface area contributed by atoms with Crippen LogP contribution < -0.4 is 5.32 Å². The van der Waals surface area contributed by atoms with Crippen LogP contribution >= 0.6 is 0 Å². The number of nitrogens with one attached hydrogen (secondary N) is 1. The summed E-state index contributed by atoms with van der Waals surface area (Å²) in [7, 11) is -1.20. The molecule has 0 saturated heterocycles. The quantitative estimate of drug-likeness (QED) is 0.528. The van der Waals surface area contributed by atoms with E-state index in [1.54, 1.807) is 14.0 Å². The predicted molar refractivity (Wildman–Crippen MR) is 64.5 cm³/mol. The molecule has 0 radical (unpaired) electrons. The third-order valence-electron chi connectivity index (χ3n) is 2.10. The molecule has 0 aliphatic carbocycles. The number of sulfone groups is 1. The van der Waals surface area contributed by atoms with Gasteiger partial charge in [0.25, 0.3) is 0 Å². The maximum atomic E-state index is 11.1. The minimum Gasteiger partial charge on any atom is -0.382 e. The molecular formula is C10H23NO4S. The molecule has 0 aromatic rings. The van der Waals surface area contributed by atoms with E-state index >= 15 is 0 Å². The van der Waals surface area contributed by atoms with E-state index in [-0.39, 0.29) is 11.5 Å². The molecule has 0 rings (SSSR count). The van der Waals surface area contributed by atoms with Crippen LogP contribution in [0.2, 0.25) is 0 Å². The van der Waals surface area contributed by atoms with Gasteiger partial charge >= 0.3 is 0 Å². The van der Waals surface area contributed by atoms with Crippen molar-refractivity contribution in [3.63, 3.8) is 0 Å². The molecule has 1 N–H and O–H groups in total. The Kier molecular flexibility index (Phi) is 9.91. The molecule has 0 bridgehead atoms. The molecule has 0 aliphatic rings. The van der Waals surface area contributed by atoms with Gasteiger partial charge < -0.3 is 14.8 Å². The van der Waals surface area contributed by atoms with Crippen LogP contribution in [0.5, 0.6) is 0 Å². The van der Waals surface area contributed by atoms with Crippen LogP contribution in [0.1, 0.15) is 13.3 Å². The van der Waals surface area contributed by atoms with E-state index < -0.39 is 9.84 Å². The third-order valence-corrected chi connectivity index (χ3v) is 3.81. The van der Waals surface area contributed by atoms with Gasteiger partial charge in [0, 0.05) is 26.0 Å². The van der Waals surface area contributed by atoms with E-state index in [2.05, 4.69) is 5.32 Å². The van der Waals surface area contributed by atoms with Gasteiger partial charge in [0.15, 0.2) is 9.84 Å². The summed E-state index contributed by atoms with van der Waals surface area (Å²) in [6.07, 6.45) is 0.885. The molecule has 0 heterocycles. The zero-order valence-electron chi connectivity index (χ0n) is 10.2. The van der Waals surface area contributed by atoms with E-state index in [4.69, 9.17) is 9.47 Å². The molecule has 98 valence electrons. The van der Waals surface area contributed by atoms with E-state index in [0.717, 1.165) is 13.0 Å². The lowest BCUT2D eigenvalue weighted by Crippen LogP contribution is -2.25. The van der Waals surface area contributed by atoms with Crippen LogP contribution in [-0.2, 0) is 19.3 Å². The molecule has 0 aliphatic heterocycles. The van der Waals surface area contributed by atoms with Gasteiger partial charge in [-0.1, -0.05) is 6.92 Å². The fourth-order valence-corrected chi connectivity index (χ4v) is 1.78. The minimum absolute atomic E-state index is 0.216. The van der Waals surface area contributed by atoms with E-state index in [0.29, 0.717) is 26.4 Å². The molecule has 0 amide bonds. The summed E-state index contributed by atoms with van der Waals surface area (Å²) in [5, 5.41) is 3.08. The Bertz CT molecular complexity index is 241. The second-order valence-corrected chi connectivity index (χ2v) is 5.92. The monoisotopic (exact) mass is 253 g/mol.